The van der Waals surface area contributed by atoms with Gasteiger partial charge in [-0.1, -0.05) is 32.3 Å². The van der Waals surface area contributed by atoms with Crippen LogP contribution in [0.3, 0.4) is 0 Å². The van der Waals surface area contributed by atoms with Crippen LogP contribution in [0.1, 0.15) is 88.2 Å². The molecule has 0 bridgehead atoms. The zero-order chi connectivity index (χ0) is 25.9. The van der Waals surface area contributed by atoms with E-state index in [1.807, 2.05) is 61.1 Å². The molecule has 0 radical (unpaired) electrons. The predicted molar refractivity (Wildman–Crippen MR) is 143 cm³/mol. The van der Waals surface area contributed by atoms with Gasteiger partial charge in [0.2, 0.25) is 0 Å². The van der Waals surface area contributed by atoms with Crippen LogP contribution in [0.25, 0.3) is 11.0 Å². The Balaban J connectivity index is 1.73. The first-order chi connectivity index (χ1) is 17.3. The Labute approximate surface area is 213 Å². The van der Waals surface area contributed by atoms with Crippen molar-refractivity contribution in [3.8, 4) is 11.5 Å². The maximum atomic E-state index is 13.8. The molecule has 1 fully saturated rings. The Hall–Kier alpha value is -3.22. The van der Waals surface area contributed by atoms with E-state index in [-0.39, 0.29) is 23.2 Å². The Morgan fingerprint density at radius 2 is 1.81 bits per heavy atom. The fraction of sp³-hybridized carbons (Fsp3) is 0.517. The van der Waals surface area contributed by atoms with E-state index in [4.69, 9.17) is 9.47 Å². The van der Waals surface area contributed by atoms with Crippen molar-refractivity contribution < 1.29 is 14.3 Å². The molecule has 1 N–H and O–H groups in total. The van der Waals surface area contributed by atoms with E-state index in [1.165, 1.54) is 6.42 Å². The molecule has 0 atom stereocenters. The number of hydrogen-bond donors (Lipinski definition) is 1. The second kappa shape index (κ2) is 10.8. The van der Waals surface area contributed by atoms with E-state index in [0.29, 0.717) is 24.5 Å². The summed E-state index contributed by atoms with van der Waals surface area (Å²) < 4.78 is 15.2. The number of hydrogen-bond acceptors (Lipinski definition) is 4. The number of imidazole rings is 1. The summed E-state index contributed by atoms with van der Waals surface area (Å²) in [7, 11) is 1.60. The number of nitrogens with one attached hydrogen (secondary N) is 1. The zero-order valence-electron chi connectivity index (χ0n) is 22.2. The molecule has 1 amide bonds. The van der Waals surface area contributed by atoms with Gasteiger partial charge in [-0.2, -0.15) is 0 Å². The van der Waals surface area contributed by atoms with Crippen molar-refractivity contribution in [3.05, 3.63) is 58.0 Å². The summed E-state index contributed by atoms with van der Waals surface area (Å²) in [4.78, 5) is 26.6. The lowest BCUT2D eigenvalue weighted by Crippen LogP contribution is -2.42. The Morgan fingerprint density at radius 1 is 1.06 bits per heavy atom. The minimum absolute atomic E-state index is 0.0147. The first kappa shape index (κ1) is 25.9. The average Bonchev–Trinajstić information content (AvgIpc) is 3.15. The molecule has 3 aromatic rings. The third-order valence-electron chi connectivity index (χ3n) is 7.40. The van der Waals surface area contributed by atoms with Gasteiger partial charge in [0.15, 0.2) is 0 Å². The van der Waals surface area contributed by atoms with Gasteiger partial charge in [0, 0.05) is 28.8 Å². The molecule has 7 nitrogen and oxygen atoms in total. The van der Waals surface area contributed by atoms with Gasteiger partial charge in [0.05, 0.1) is 31.3 Å². The Kier molecular flexibility index (Phi) is 7.76. The number of ether oxygens (including phenoxy) is 2. The van der Waals surface area contributed by atoms with E-state index in [9.17, 15) is 9.59 Å². The predicted octanol–water partition coefficient (Wildman–Crippen LogP) is 5.68. The summed E-state index contributed by atoms with van der Waals surface area (Å²) in [5.74, 6) is 1.23. The molecule has 36 heavy (non-hydrogen) atoms. The lowest BCUT2D eigenvalue weighted by atomic mass is 9.95. The van der Waals surface area contributed by atoms with Gasteiger partial charge in [0.25, 0.3) is 5.91 Å². The van der Waals surface area contributed by atoms with Crippen molar-refractivity contribution in [2.45, 2.75) is 84.3 Å². The van der Waals surface area contributed by atoms with E-state index in [2.05, 4.69) is 5.32 Å². The monoisotopic (exact) mass is 493 g/mol. The highest BCUT2D eigenvalue weighted by Gasteiger charge is 2.24. The Morgan fingerprint density at radius 3 is 2.47 bits per heavy atom. The fourth-order valence-electron chi connectivity index (χ4n) is 5.02. The van der Waals surface area contributed by atoms with Gasteiger partial charge in [0.1, 0.15) is 11.5 Å². The minimum Gasteiger partial charge on any atom is -0.496 e. The summed E-state index contributed by atoms with van der Waals surface area (Å²) in [6.07, 6.45) is 6.36. The summed E-state index contributed by atoms with van der Waals surface area (Å²) in [6.45, 7) is 8.94. The van der Waals surface area contributed by atoms with Crippen LogP contribution in [0.2, 0.25) is 0 Å². The van der Waals surface area contributed by atoms with Crippen LogP contribution in [0.5, 0.6) is 11.5 Å². The standard InChI is InChI=1S/C29H39N3O4/c1-6-29(3,4)30-27(33)20-13-14-21(26(17-20)35-5)19-31-24-16-15-23(36-7-2)18-25(24)32(28(31)34)22-11-9-8-10-12-22/h13-18,22H,6-12,19H2,1-5H3,(H,30,33). The van der Waals surface area contributed by atoms with Crippen molar-refractivity contribution in [1.29, 1.82) is 0 Å². The molecule has 4 rings (SSSR count). The quantitative estimate of drug-likeness (QED) is 0.416. The number of rotatable bonds is 9. The number of fused-ring (bicyclic) bond motifs is 1. The van der Waals surface area contributed by atoms with Crippen molar-refractivity contribution in [1.82, 2.24) is 14.5 Å². The molecule has 0 saturated heterocycles. The molecule has 0 unspecified atom stereocenters. The lowest BCUT2D eigenvalue weighted by molar-refractivity contribution is 0.0911. The van der Waals surface area contributed by atoms with Gasteiger partial charge in [-0.25, -0.2) is 4.79 Å². The third kappa shape index (κ3) is 5.30. The summed E-state index contributed by atoms with van der Waals surface area (Å²) in [6, 6.07) is 11.5. The SMILES string of the molecule is CCOc1ccc2c(c1)n(C1CCCCC1)c(=O)n2Cc1ccc(C(=O)NC(C)(C)CC)cc1OC. The van der Waals surface area contributed by atoms with Crippen molar-refractivity contribution in [3.63, 3.8) is 0 Å². The van der Waals surface area contributed by atoms with E-state index < -0.39 is 0 Å². The van der Waals surface area contributed by atoms with Gasteiger partial charge in [-0.15, -0.1) is 0 Å². The number of aromatic nitrogens is 2. The molecule has 1 aliphatic rings. The maximum Gasteiger partial charge on any atom is 0.329 e. The smallest absolute Gasteiger partial charge is 0.329 e. The lowest BCUT2D eigenvalue weighted by Gasteiger charge is -2.24. The second-order valence-corrected chi connectivity index (χ2v) is 10.3. The number of carbonyl (C=O) groups is 1. The molecule has 0 aliphatic heterocycles. The molecular weight excluding hydrogens is 454 g/mol. The van der Waals surface area contributed by atoms with Crippen LogP contribution < -0.4 is 20.5 Å². The van der Waals surface area contributed by atoms with Crippen LogP contribution in [-0.4, -0.2) is 34.3 Å². The summed E-state index contributed by atoms with van der Waals surface area (Å²) in [5.41, 5.74) is 2.87. The summed E-state index contributed by atoms with van der Waals surface area (Å²) in [5, 5.41) is 3.07. The summed E-state index contributed by atoms with van der Waals surface area (Å²) >= 11 is 0. The number of carbonyl (C=O) groups excluding carboxylic acids is 1. The van der Waals surface area contributed by atoms with Gasteiger partial charge in [-0.05, 0) is 64.3 Å². The van der Waals surface area contributed by atoms with Crippen molar-refractivity contribution in [2.24, 2.45) is 0 Å². The van der Waals surface area contributed by atoms with E-state index in [0.717, 1.165) is 54.5 Å². The van der Waals surface area contributed by atoms with Gasteiger partial charge >= 0.3 is 5.69 Å². The number of methoxy groups -OCH3 is 1. The molecule has 1 aromatic heterocycles. The van der Waals surface area contributed by atoms with Gasteiger partial charge in [-0.3, -0.25) is 13.9 Å². The molecule has 2 aromatic carbocycles. The molecule has 194 valence electrons. The van der Waals surface area contributed by atoms with E-state index in [1.54, 1.807) is 19.2 Å². The van der Waals surface area contributed by atoms with Crippen LogP contribution >= 0.6 is 0 Å². The Bertz CT molecular complexity index is 1280. The molecule has 0 spiro atoms. The average molecular weight is 494 g/mol. The molecule has 1 aliphatic carbocycles. The highest BCUT2D eigenvalue weighted by Crippen LogP contribution is 2.32. The van der Waals surface area contributed by atoms with Crippen molar-refractivity contribution >= 4 is 16.9 Å². The second-order valence-electron chi connectivity index (χ2n) is 10.3. The maximum absolute atomic E-state index is 13.8. The molecule has 1 heterocycles. The van der Waals surface area contributed by atoms with Gasteiger partial charge < -0.3 is 14.8 Å². The third-order valence-corrected chi connectivity index (χ3v) is 7.40. The number of benzene rings is 2. The van der Waals surface area contributed by atoms with Crippen LogP contribution in [0.4, 0.5) is 0 Å². The molecule has 7 heteroatoms. The molecule has 1 saturated carbocycles. The zero-order valence-corrected chi connectivity index (χ0v) is 22.2. The van der Waals surface area contributed by atoms with E-state index >= 15 is 0 Å². The first-order valence-electron chi connectivity index (χ1n) is 13.1. The topological polar surface area (TPSA) is 74.5 Å². The first-order valence-corrected chi connectivity index (χ1v) is 13.1. The molecular formula is C29H39N3O4. The van der Waals surface area contributed by atoms with Crippen molar-refractivity contribution in [2.75, 3.05) is 13.7 Å². The number of amides is 1. The minimum atomic E-state index is -0.294. The number of nitrogens with zero attached hydrogens (tertiary/aromatic N) is 2. The van der Waals surface area contributed by atoms with Crippen LogP contribution in [-0.2, 0) is 6.54 Å². The highest BCUT2D eigenvalue weighted by atomic mass is 16.5. The fourth-order valence-corrected chi connectivity index (χ4v) is 5.02. The largest absolute Gasteiger partial charge is 0.496 e. The van der Waals surface area contributed by atoms with Crippen LogP contribution in [0, 0.1) is 0 Å². The highest BCUT2D eigenvalue weighted by molar-refractivity contribution is 5.95. The normalized spacial score (nSPS) is 14.7. The van der Waals surface area contributed by atoms with Crippen LogP contribution in [0.15, 0.2) is 41.2 Å².